The Morgan fingerprint density at radius 2 is 2.00 bits per heavy atom. The van der Waals surface area contributed by atoms with Gasteiger partial charge in [0.2, 0.25) is 0 Å². The molecule has 0 spiro atoms. The topological polar surface area (TPSA) is 30.0 Å². The van der Waals surface area contributed by atoms with Crippen LogP contribution in [0.4, 0.5) is 4.39 Å². The van der Waals surface area contributed by atoms with Crippen molar-refractivity contribution in [3.63, 3.8) is 0 Å². The summed E-state index contributed by atoms with van der Waals surface area (Å²) in [5, 5.41) is 2.66. The number of aromatic nitrogens is 1. The summed E-state index contributed by atoms with van der Waals surface area (Å²) < 4.78 is 26.1. The lowest BCUT2D eigenvalue weighted by Crippen LogP contribution is -2.07. The standard InChI is InChI=1S/C15H18FNOS2/c1-10(2)15-17-12(8-19-15)9-20(18)11(3)13-6-4-5-7-14(13)16/h4-8,10-11H,9H2,1-3H3/t11-,20-/m0/s1. The van der Waals surface area contributed by atoms with Crippen LogP contribution >= 0.6 is 11.3 Å². The molecule has 2 atom stereocenters. The molecule has 0 aliphatic rings. The Bertz CT molecular complexity index is 609. The van der Waals surface area contributed by atoms with E-state index in [0.717, 1.165) is 10.7 Å². The zero-order chi connectivity index (χ0) is 14.7. The first-order chi connectivity index (χ1) is 9.49. The van der Waals surface area contributed by atoms with Gasteiger partial charge in [0.25, 0.3) is 0 Å². The molecule has 0 amide bonds. The Labute approximate surface area is 125 Å². The third-order valence-corrected chi connectivity index (χ3v) is 5.91. The zero-order valence-electron chi connectivity index (χ0n) is 11.8. The summed E-state index contributed by atoms with van der Waals surface area (Å²) in [6, 6.07) is 6.51. The first-order valence-electron chi connectivity index (χ1n) is 6.55. The highest BCUT2D eigenvalue weighted by Gasteiger charge is 2.18. The number of thiazole rings is 1. The predicted octanol–water partition coefficient (Wildman–Crippen LogP) is 4.42. The van der Waals surface area contributed by atoms with Crippen molar-refractivity contribution in [1.82, 2.24) is 4.98 Å². The number of nitrogens with zero attached hydrogens (tertiary/aromatic N) is 1. The number of benzene rings is 1. The van der Waals surface area contributed by atoms with Gasteiger partial charge in [-0.15, -0.1) is 11.3 Å². The van der Waals surface area contributed by atoms with Crippen LogP contribution in [0.3, 0.4) is 0 Å². The van der Waals surface area contributed by atoms with Crippen LogP contribution in [0.2, 0.25) is 0 Å². The van der Waals surface area contributed by atoms with Crippen molar-refractivity contribution in [2.45, 2.75) is 37.7 Å². The molecule has 1 aromatic heterocycles. The summed E-state index contributed by atoms with van der Waals surface area (Å²) in [6.07, 6.45) is 0. The highest BCUT2D eigenvalue weighted by atomic mass is 32.2. The highest BCUT2D eigenvalue weighted by molar-refractivity contribution is 7.84. The Balaban J connectivity index is 2.09. The fraction of sp³-hybridized carbons (Fsp3) is 0.400. The lowest BCUT2D eigenvalue weighted by Gasteiger charge is -2.11. The van der Waals surface area contributed by atoms with Crippen LogP contribution in [0, 0.1) is 5.82 Å². The van der Waals surface area contributed by atoms with Gasteiger partial charge in [-0.3, -0.25) is 4.21 Å². The molecule has 0 radical (unpaired) electrons. The minimum absolute atomic E-state index is 0.297. The molecule has 108 valence electrons. The van der Waals surface area contributed by atoms with Crippen molar-refractivity contribution >= 4 is 22.1 Å². The summed E-state index contributed by atoms with van der Waals surface area (Å²) in [5.41, 5.74) is 1.34. The molecule has 0 unspecified atom stereocenters. The van der Waals surface area contributed by atoms with E-state index >= 15 is 0 Å². The van der Waals surface area contributed by atoms with E-state index in [1.807, 2.05) is 5.38 Å². The largest absolute Gasteiger partial charge is 0.259 e. The van der Waals surface area contributed by atoms with Crippen LogP contribution in [0.25, 0.3) is 0 Å². The second-order valence-corrected chi connectivity index (χ2v) is 7.67. The molecule has 1 heterocycles. The molecule has 0 saturated carbocycles. The van der Waals surface area contributed by atoms with Crippen molar-refractivity contribution in [2.75, 3.05) is 0 Å². The van der Waals surface area contributed by atoms with Gasteiger partial charge in [-0.1, -0.05) is 32.0 Å². The van der Waals surface area contributed by atoms with Crippen LogP contribution in [0.15, 0.2) is 29.6 Å². The van der Waals surface area contributed by atoms with Gasteiger partial charge in [-0.2, -0.15) is 0 Å². The normalized spacial score (nSPS) is 14.4. The van der Waals surface area contributed by atoms with E-state index in [1.54, 1.807) is 36.5 Å². The van der Waals surface area contributed by atoms with E-state index in [4.69, 9.17) is 0 Å². The average molecular weight is 311 g/mol. The fourth-order valence-corrected chi connectivity index (χ4v) is 3.98. The third kappa shape index (κ3) is 3.52. The van der Waals surface area contributed by atoms with E-state index in [-0.39, 0.29) is 11.1 Å². The summed E-state index contributed by atoms with van der Waals surface area (Å²) >= 11 is 1.59. The molecule has 2 aromatic rings. The molecule has 0 bridgehead atoms. The second-order valence-electron chi connectivity index (χ2n) is 5.02. The third-order valence-electron chi connectivity index (χ3n) is 3.09. The SMILES string of the molecule is CC(C)c1nc(C[S@](=O)[C@@H](C)c2ccccc2F)cs1. The number of hydrogen-bond donors (Lipinski definition) is 0. The Morgan fingerprint density at radius 3 is 2.60 bits per heavy atom. The van der Waals surface area contributed by atoms with E-state index < -0.39 is 10.8 Å². The number of halogens is 1. The molecule has 0 saturated heterocycles. The maximum Gasteiger partial charge on any atom is 0.127 e. The van der Waals surface area contributed by atoms with Crippen LogP contribution in [-0.4, -0.2) is 9.19 Å². The van der Waals surface area contributed by atoms with Gasteiger partial charge in [-0.05, 0) is 13.0 Å². The maximum atomic E-state index is 13.7. The smallest absolute Gasteiger partial charge is 0.127 e. The lowest BCUT2D eigenvalue weighted by molar-refractivity contribution is 0.606. The monoisotopic (exact) mass is 311 g/mol. The minimum Gasteiger partial charge on any atom is -0.259 e. The summed E-state index contributed by atoms with van der Waals surface area (Å²) in [4.78, 5) is 4.48. The van der Waals surface area contributed by atoms with Crippen LogP contribution in [0.5, 0.6) is 0 Å². The molecule has 0 aliphatic carbocycles. The molecule has 1 aromatic carbocycles. The quantitative estimate of drug-likeness (QED) is 0.818. The first-order valence-corrected chi connectivity index (χ1v) is 8.81. The number of hydrogen-bond acceptors (Lipinski definition) is 3. The second kappa shape index (κ2) is 6.59. The van der Waals surface area contributed by atoms with Crippen molar-refractivity contribution in [3.05, 3.63) is 51.7 Å². The molecule has 0 aliphatic heterocycles. The molecule has 0 N–H and O–H groups in total. The zero-order valence-corrected chi connectivity index (χ0v) is 13.4. The summed E-state index contributed by atoms with van der Waals surface area (Å²) in [6.45, 7) is 5.97. The minimum atomic E-state index is -1.17. The maximum absolute atomic E-state index is 13.7. The molecule has 5 heteroatoms. The van der Waals surface area contributed by atoms with Gasteiger partial charge in [0.05, 0.1) is 21.7 Å². The highest BCUT2D eigenvalue weighted by Crippen LogP contribution is 2.26. The molecular formula is C15H18FNOS2. The average Bonchev–Trinajstić information content (AvgIpc) is 2.87. The van der Waals surface area contributed by atoms with Crippen molar-refractivity contribution in [3.8, 4) is 0 Å². The van der Waals surface area contributed by atoms with E-state index in [2.05, 4.69) is 18.8 Å². The van der Waals surface area contributed by atoms with Gasteiger partial charge >= 0.3 is 0 Å². The fourth-order valence-electron chi connectivity index (χ4n) is 1.87. The Morgan fingerprint density at radius 1 is 1.30 bits per heavy atom. The number of rotatable bonds is 5. The summed E-state index contributed by atoms with van der Waals surface area (Å²) in [5.74, 6) is 0.458. The molecule has 0 fully saturated rings. The van der Waals surface area contributed by atoms with Gasteiger partial charge in [0, 0.05) is 27.7 Å². The van der Waals surface area contributed by atoms with Gasteiger partial charge in [0.1, 0.15) is 5.82 Å². The first kappa shape index (κ1) is 15.3. The Hall–Kier alpha value is -1.07. The van der Waals surface area contributed by atoms with Crippen LogP contribution in [0.1, 0.15) is 48.2 Å². The molecule has 2 rings (SSSR count). The summed E-state index contributed by atoms with van der Waals surface area (Å²) in [7, 11) is -1.17. The van der Waals surface area contributed by atoms with E-state index in [0.29, 0.717) is 17.2 Å². The van der Waals surface area contributed by atoms with Gasteiger partial charge < -0.3 is 0 Å². The molecule has 2 nitrogen and oxygen atoms in total. The van der Waals surface area contributed by atoms with E-state index in [9.17, 15) is 8.60 Å². The Kier molecular flexibility index (Phi) is 5.05. The molecule has 20 heavy (non-hydrogen) atoms. The van der Waals surface area contributed by atoms with Crippen molar-refractivity contribution in [2.24, 2.45) is 0 Å². The van der Waals surface area contributed by atoms with Gasteiger partial charge in [-0.25, -0.2) is 9.37 Å². The molecular weight excluding hydrogens is 293 g/mol. The van der Waals surface area contributed by atoms with Crippen molar-refractivity contribution in [1.29, 1.82) is 0 Å². The van der Waals surface area contributed by atoms with Crippen LogP contribution < -0.4 is 0 Å². The van der Waals surface area contributed by atoms with Crippen molar-refractivity contribution < 1.29 is 8.60 Å². The van der Waals surface area contributed by atoms with Crippen LogP contribution in [-0.2, 0) is 16.6 Å². The van der Waals surface area contributed by atoms with E-state index in [1.165, 1.54) is 6.07 Å². The lowest BCUT2D eigenvalue weighted by atomic mass is 10.1. The van der Waals surface area contributed by atoms with Gasteiger partial charge in [0.15, 0.2) is 0 Å². The predicted molar refractivity (Wildman–Crippen MR) is 82.9 cm³/mol.